The molecule has 0 fully saturated rings. The van der Waals surface area contributed by atoms with E-state index in [1.807, 2.05) is 0 Å². The number of hydrogen-bond donors (Lipinski definition) is 3. The van der Waals surface area contributed by atoms with Crippen molar-refractivity contribution in [3.05, 3.63) is 17.0 Å². The molecule has 0 aliphatic rings. The van der Waals surface area contributed by atoms with Gasteiger partial charge in [0, 0.05) is 5.38 Å². The third kappa shape index (κ3) is 3.56. The number of carbonyl (C=O) groups is 2. The van der Waals surface area contributed by atoms with Crippen LogP contribution in [0.3, 0.4) is 0 Å². The lowest BCUT2D eigenvalue weighted by molar-refractivity contribution is -0.109. The smallest absolute Gasteiger partial charge is 0.275 e. The van der Waals surface area contributed by atoms with Crippen LogP contribution >= 0.6 is 11.3 Å². The molecule has 0 radical (unpaired) electrons. The second kappa shape index (κ2) is 5.99. The van der Waals surface area contributed by atoms with E-state index >= 15 is 0 Å². The molecule has 0 aromatic carbocycles. The fourth-order valence-electron chi connectivity index (χ4n) is 0.818. The first-order valence-electron chi connectivity index (χ1n) is 4.23. The molecule has 1 aromatic rings. The number of hydrogen-bond acceptors (Lipinski definition) is 5. The van der Waals surface area contributed by atoms with Crippen LogP contribution in [0, 0.1) is 0 Å². The molecule has 1 heterocycles. The lowest BCUT2D eigenvalue weighted by Gasteiger charge is -2.00. The van der Waals surface area contributed by atoms with Gasteiger partial charge in [0.05, 0.1) is 12.2 Å². The minimum absolute atomic E-state index is 0.313. The van der Waals surface area contributed by atoms with Crippen molar-refractivity contribution in [1.82, 2.24) is 10.9 Å². The van der Waals surface area contributed by atoms with Gasteiger partial charge in [0.25, 0.3) is 5.91 Å². The van der Waals surface area contributed by atoms with Gasteiger partial charge in [-0.1, -0.05) is 0 Å². The maximum Gasteiger partial charge on any atom is 0.275 e. The molecule has 1 rings (SSSR count). The Labute approximate surface area is 90.5 Å². The van der Waals surface area contributed by atoms with Crippen LogP contribution in [0.1, 0.15) is 17.3 Å². The highest BCUT2D eigenvalue weighted by Gasteiger charge is 2.07. The maximum atomic E-state index is 11.3. The summed E-state index contributed by atoms with van der Waals surface area (Å²) in [6.07, 6.45) is 0.514. The maximum absolute atomic E-state index is 11.3. The van der Waals surface area contributed by atoms with Crippen molar-refractivity contribution >= 4 is 28.7 Å². The number of carbonyl (C=O) groups excluding carboxylic acids is 2. The third-order valence-electron chi connectivity index (χ3n) is 1.43. The fourth-order valence-corrected chi connectivity index (χ4v) is 1.56. The fraction of sp³-hybridized carbons (Fsp3) is 0.250. The van der Waals surface area contributed by atoms with Crippen molar-refractivity contribution in [2.75, 3.05) is 12.0 Å². The molecule has 0 saturated carbocycles. The Bertz CT molecular complexity index is 340. The second-order valence-electron chi connectivity index (χ2n) is 2.45. The number of rotatable bonds is 6. The number of hydrazine groups is 1. The largest absolute Gasteiger partial charge is 0.289 e. The normalized spacial score (nSPS) is 9.40. The highest BCUT2D eigenvalue weighted by molar-refractivity contribution is 7.14. The van der Waals surface area contributed by atoms with E-state index in [2.05, 4.69) is 16.3 Å². The molecule has 7 heteroatoms. The first-order chi connectivity index (χ1) is 7.27. The SMILES string of the molecule is CCONC(=O)c1csc(NNC=O)c1. The van der Waals surface area contributed by atoms with Gasteiger partial charge in [-0.15, -0.1) is 11.3 Å². The Morgan fingerprint density at radius 1 is 1.67 bits per heavy atom. The van der Waals surface area contributed by atoms with Crippen LogP contribution in [0.5, 0.6) is 0 Å². The number of amides is 2. The summed E-state index contributed by atoms with van der Waals surface area (Å²) in [5, 5.41) is 2.33. The summed E-state index contributed by atoms with van der Waals surface area (Å²) in [7, 11) is 0. The molecule has 6 nitrogen and oxygen atoms in total. The quantitative estimate of drug-likeness (QED) is 0.490. The van der Waals surface area contributed by atoms with E-state index in [4.69, 9.17) is 4.84 Å². The zero-order valence-electron chi connectivity index (χ0n) is 8.07. The van der Waals surface area contributed by atoms with Gasteiger partial charge in [-0.2, -0.15) is 0 Å². The average molecular weight is 229 g/mol. The minimum Gasteiger partial charge on any atom is -0.289 e. The molecule has 0 unspecified atom stereocenters. The molecule has 15 heavy (non-hydrogen) atoms. The van der Waals surface area contributed by atoms with E-state index in [-0.39, 0.29) is 5.91 Å². The number of thiophene rings is 1. The zero-order valence-corrected chi connectivity index (χ0v) is 8.89. The van der Waals surface area contributed by atoms with Gasteiger partial charge in [0.2, 0.25) is 6.41 Å². The van der Waals surface area contributed by atoms with Crippen molar-refractivity contribution in [3.63, 3.8) is 0 Å². The Hall–Kier alpha value is -1.60. The van der Waals surface area contributed by atoms with Gasteiger partial charge >= 0.3 is 0 Å². The number of anilines is 1. The molecule has 3 N–H and O–H groups in total. The van der Waals surface area contributed by atoms with Gasteiger partial charge in [0.1, 0.15) is 5.00 Å². The molecule has 0 saturated heterocycles. The monoisotopic (exact) mass is 229 g/mol. The van der Waals surface area contributed by atoms with Crippen LogP contribution in [0.2, 0.25) is 0 Å². The first kappa shape index (κ1) is 11.5. The van der Waals surface area contributed by atoms with Crippen molar-refractivity contribution < 1.29 is 14.4 Å². The van der Waals surface area contributed by atoms with Gasteiger partial charge in [-0.05, 0) is 13.0 Å². The predicted octanol–water partition coefficient (Wildman–Crippen LogP) is 0.502. The van der Waals surface area contributed by atoms with Gasteiger partial charge in [-0.3, -0.25) is 25.3 Å². The van der Waals surface area contributed by atoms with Gasteiger partial charge in [-0.25, -0.2) is 5.48 Å². The number of nitrogens with one attached hydrogen (secondary N) is 3. The van der Waals surface area contributed by atoms with Crippen LogP contribution in [0.4, 0.5) is 5.00 Å². The van der Waals surface area contributed by atoms with Crippen molar-refractivity contribution in [2.45, 2.75) is 6.92 Å². The van der Waals surface area contributed by atoms with E-state index in [0.717, 1.165) is 0 Å². The van der Waals surface area contributed by atoms with Crippen molar-refractivity contribution in [2.24, 2.45) is 0 Å². The Morgan fingerprint density at radius 2 is 2.47 bits per heavy atom. The second-order valence-corrected chi connectivity index (χ2v) is 3.36. The van der Waals surface area contributed by atoms with Crippen LogP contribution in [-0.2, 0) is 9.63 Å². The Morgan fingerprint density at radius 3 is 3.13 bits per heavy atom. The molecule has 0 aliphatic carbocycles. The highest BCUT2D eigenvalue weighted by atomic mass is 32.1. The number of hydroxylamine groups is 1. The summed E-state index contributed by atoms with van der Waals surface area (Å²) in [4.78, 5) is 26.1. The minimum atomic E-state index is -0.313. The van der Waals surface area contributed by atoms with E-state index in [0.29, 0.717) is 23.6 Å². The third-order valence-corrected chi connectivity index (χ3v) is 2.27. The van der Waals surface area contributed by atoms with Crippen LogP contribution in [-0.4, -0.2) is 18.9 Å². The van der Waals surface area contributed by atoms with E-state index in [1.54, 1.807) is 18.4 Å². The highest BCUT2D eigenvalue weighted by Crippen LogP contribution is 2.19. The molecule has 0 aliphatic heterocycles. The van der Waals surface area contributed by atoms with Crippen molar-refractivity contribution in [3.8, 4) is 0 Å². The van der Waals surface area contributed by atoms with Crippen LogP contribution < -0.4 is 16.3 Å². The van der Waals surface area contributed by atoms with Gasteiger partial charge < -0.3 is 0 Å². The van der Waals surface area contributed by atoms with Crippen LogP contribution in [0.25, 0.3) is 0 Å². The predicted molar refractivity (Wildman–Crippen MR) is 56.2 cm³/mol. The molecular formula is C8H11N3O3S. The lowest BCUT2D eigenvalue weighted by atomic mass is 10.3. The summed E-state index contributed by atoms with van der Waals surface area (Å²) in [5.41, 5.74) is 7.63. The lowest BCUT2D eigenvalue weighted by Crippen LogP contribution is -2.23. The van der Waals surface area contributed by atoms with E-state index in [1.165, 1.54) is 11.3 Å². The Kier molecular flexibility index (Phi) is 4.58. The standard InChI is InChI=1S/C8H11N3O3S/c1-2-14-11-8(13)6-3-7(15-4-6)10-9-5-12/h3-5,10H,2H2,1H3,(H,9,12)(H,11,13). The molecule has 1 aromatic heterocycles. The van der Waals surface area contributed by atoms with Crippen LogP contribution in [0.15, 0.2) is 11.4 Å². The summed E-state index contributed by atoms with van der Waals surface area (Å²) in [5.74, 6) is -0.313. The summed E-state index contributed by atoms with van der Waals surface area (Å²) in [6, 6.07) is 1.61. The molecule has 0 bridgehead atoms. The zero-order chi connectivity index (χ0) is 11.1. The molecule has 82 valence electrons. The summed E-state index contributed by atoms with van der Waals surface area (Å²) in [6.45, 7) is 2.18. The topological polar surface area (TPSA) is 79.5 Å². The molecule has 0 spiro atoms. The van der Waals surface area contributed by atoms with E-state index in [9.17, 15) is 9.59 Å². The van der Waals surface area contributed by atoms with Crippen molar-refractivity contribution in [1.29, 1.82) is 0 Å². The molecule has 2 amide bonds. The summed E-state index contributed by atoms with van der Waals surface area (Å²) >= 11 is 1.30. The van der Waals surface area contributed by atoms with E-state index < -0.39 is 0 Å². The van der Waals surface area contributed by atoms with Gasteiger partial charge in [0.15, 0.2) is 0 Å². The molecule has 0 atom stereocenters. The molecular weight excluding hydrogens is 218 g/mol. The Balaban J connectivity index is 2.51. The average Bonchev–Trinajstić information content (AvgIpc) is 2.71. The summed E-state index contributed by atoms with van der Waals surface area (Å²) < 4.78 is 0. The first-order valence-corrected chi connectivity index (χ1v) is 5.11.